The fraction of sp³-hybridized carbons (Fsp3) is 0.0526. The zero-order valence-electron chi connectivity index (χ0n) is 12.7. The molecule has 2 heterocycles. The smallest absolute Gasteiger partial charge is 0.154 e. The highest BCUT2D eigenvalue weighted by Crippen LogP contribution is 2.21. The van der Waals surface area contributed by atoms with Gasteiger partial charge in [-0.1, -0.05) is 24.3 Å². The van der Waals surface area contributed by atoms with Crippen LogP contribution in [0.2, 0.25) is 0 Å². The van der Waals surface area contributed by atoms with Gasteiger partial charge in [0.1, 0.15) is 11.6 Å². The van der Waals surface area contributed by atoms with E-state index in [1.165, 1.54) is 24.3 Å². The van der Waals surface area contributed by atoms with Crippen LogP contribution >= 0.6 is 0 Å². The van der Waals surface area contributed by atoms with E-state index in [-0.39, 0.29) is 11.6 Å². The number of rotatable bonds is 3. The molecular weight excluding hydrogens is 308 g/mol. The van der Waals surface area contributed by atoms with Gasteiger partial charge in [0.25, 0.3) is 0 Å². The normalized spacial score (nSPS) is 11.1. The Labute approximate surface area is 137 Å². The van der Waals surface area contributed by atoms with Gasteiger partial charge in [0, 0.05) is 12.0 Å². The van der Waals surface area contributed by atoms with E-state index in [1.54, 1.807) is 28.9 Å². The number of aromatic nitrogens is 3. The minimum Gasteiger partial charge on any atom is -0.235 e. The molecule has 0 radical (unpaired) electrons. The summed E-state index contributed by atoms with van der Waals surface area (Å²) in [5.41, 5.74) is 3.93. The van der Waals surface area contributed by atoms with E-state index in [1.807, 2.05) is 18.2 Å². The first-order chi connectivity index (χ1) is 11.7. The summed E-state index contributed by atoms with van der Waals surface area (Å²) >= 11 is 0. The van der Waals surface area contributed by atoms with Gasteiger partial charge in [-0.05, 0) is 42.0 Å². The number of halogens is 2. The lowest BCUT2D eigenvalue weighted by molar-refractivity contribution is 0.627. The molecule has 0 aliphatic heterocycles. The second-order valence-corrected chi connectivity index (χ2v) is 5.55. The molecule has 4 rings (SSSR count). The third-order valence-corrected chi connectivity index (χ3v) is 3.84. The van der Waals surface area contributed by atoms with Crippen LogP contribution in [0.15, 0.2) is 66.9 Å². The van der Waals surface area contributed by atoms with Crippen molar-refractivity contribution in [2.45, 2.75) is 6.42 Å². The monoisotopic (exact) mass is 321 g/mol. The van der Waals surface area contributed by atoms with Crippen LogP contribution in [-0.4, -0.2) is 14.6 Å². The summed E-state index contributed by atoms with van der Waals surface area (Å²) in [6, 6.07) is 16.4. The topological polar surface area (TPSA) is 30.2 Å². The number of benzene rings is 2. The highest BCUT2D eigenvalue weighted by molar-refractivity contribution is 5.62. The molecule has 3 nitrogen and oxygen atoms in total. The van der Waals surface area contributed by atoms with Gasteiger partial charge < -0.3 is 0 Å². The van der Waals surface area contributed by atoms with E-state index in [0.717, 1.165) is 17.0 Å². The summed E-state index contributed by atoms with van der Waals surface area (Å²) < 4.78 is 28.2. The minimum absolute atomic E-state index is 0.259. The Bertz CT molecular complexity index is 1010. The predicted octanol–water partition coefficient (Wildman–Crippen LogP) is 4.27. The molecule has 0 amide bonds. The summed E-state index contributed by atoms with van der Waals surface area (Å²) in [6.07, 6.45) is 2.26. The maximum atomic E-state index is 13.5. The molecule has 0 N–H and O–H groups in total. The second-order valence-electron chi connectivity index (χ2n) is 5.55. The van der Waals surface area contributed by atoms with E-state index < -0.39 is 0 Å². The maximum Gasteiger partial charge on any atom is 0.154 e. The van der Waals surface area contributed by atoms with Gasteiger partial charge >= 0.3 is 0 Å². The van der Waals surface area contributed by atoms with Crippen molar-refractivity contribution in [2.75, 3.05) is 0 Å². The van der Waals surface area contributed by atoms with Crippen LogP contribution in [0.3, 0.4) is 0 Å². The summed E-state index contributed by atoms with van der Waals surface area (Å²) in [4.78, 5) is 4.31. The Kier molecular flexibility index (Phi) is 3.54. The van der Waals surface area contributed by atoms with Crippen LogP contribution < -0.4 is 0 Å². The fourth-order valence-electron chi connectivity index (χ4n) is 2.66. The summed E-state index contributed by atoms with van der Waals surface area (Å²) in [6.45, 7) is 0. The van der Waals surface area contributed by atoms with Gasteiger partial charge in [-0.15, -0.1) is 0 Å². The average molecular weight is 321 g/mol. The van der Waals surface area contributed by atoms with Gasteiger partial charge in [-0.25, -0.2) is 18.3 Å². The Morgan fingerprint density at radius 2 is 1.71 bits per heavy atom. The lowest BCUT2D eigenvalue weighted by Crippen LogP contribution is -2.00. The highest BCUT2D eigenvalue weighted by Gasteiger charge is 2.09. The standard InChI is InChI=1S/C19H13F2N3/c20-15-6-4-13(5-7-15)10-17-8-9-19-22-12-18(24(19)23-17)14-2-1-3-16(21)11-14/h1-9,11-12H,10H2. The molecule has 118 valence electrons. The summed E-state index contributed by atoms with van der Waals surface area (Å²) in [5.74, 6) is -0.560. The number of hydrogen-bond donors (Lipinski definition) is 0. The lowest BCUT2D eigenvalue weighted by atomic mass is 10.1. The quantitative estimate of drug-likeness (QED) is 0.564. The van der Waals surface area contributed by atoms with Gasteiger partial charge in [0.15, 0.2) is 5.65 Å². The molecule has 24 heavy (non-hydrogen) atoms. The van der Waals surface area contributed by atoms with Gasteiger partial charge in [0.2, 0.25) is 0 Å². The van der Waals surface area contributed by atoms with E-state index in [9.17, 15) is 8.78 Å². The van der Waals surface area contributed by atoms with E-state index >= 15 is 0 Å². The Morgan fingerprint density at radius 1 is 0.875 bits per heavy atom. The van der Waals surface area contributed by atoms with Crippen molar-refractivity contribution in [3.63, 3.8) is 0 Å². The Morgan fingerprint density at radius 3 is 2.50 bits per heavy atom. The number of imidazole rings is 1. The van der Waals surface area contributed by atoms with Crippen molar-refractivity contribution in [3.05, 3.63) is 89.8 Å². The molecule has 0 aliphatic rings. The molecular formula is C19H13F2N3. The molecule has 0 saturated heterocycles. The molecule has 4 aromatic rings. The van der Waals surface area contributed by atoms with Gasteiger partial charge in [-0.3, -0.25) is 0 Å². The molecule has 0 spiro atoms. The Hall–Kier alpha value is -3.08. The number of fused-ring (bicyclic) bond motifs is 1. The van der Waals surface area contributed by atoms with E-state index in [2.05, 4.69) is 10.1 Å². The van der Waals surface area contributed by atoms with Gasteiger partial charge in [0.05, 0.1) is 17.6 Å². The second kappa shape index (κ2) is 5.85. The van der Waals surface area contributed by atoms with Crippen LogP contribution in [0.5, 0.6) is 0 Å². The van der Waals surface area contributed by atoms with Crippen molar-refractivity contribution in [3.8, 4) is 11.3 Å². The third kappa shape index (κ3) is 2.76. The highest BCUT2D eigenvalue weighted by atomic mass is 19.1. The molecule has 2 aromatic heterocycles. The first kappa shape index (κ1) is 14.5. The Balaban J connectivity index is 1.74. The van der Waals surface area contributed by atoms with Crippen molar-refractivity contribution >= 4 is 5.65 Å². The third-order valence-electron chi connectivity index (χ3n) is 3.84. The number of nitrogens with zero attached hydrogens (tertiary/aromatic N) is 3. The molecule has 0 saturated carbocycles. The van der Waals surface area contributed by atoms with Crippen molar-refractivity contribution in [1.29, 1.82) is 0 Å². The molecule has 0 unspecified atom stereocenters. The molecule has 2 aromatic carbocycles. The van der Waals surface area contributed by atoms with E-state index in [4.69, 9.17) is 0 Å². The molecule has 0 aliphatic carbocycles. The molecule has 0 bridgehead atoms. The van der Waals surface area contributed by atoms with Crippen molar-refractivity contribution in [2.24, 2.45) is 0 Å². The minimum atomic E-state index is -0.301. The molecule has 0 fully saturated rings. The van der Waals surface area contributed by atoms with Crippen LogP contribution in [0.25, 0.3) is 16.9 Å². The van der Waals surface area contributed by atoms with Crippen LogP contribution in [-0.2, 0) is 6.42 Å². The first-order valence-corrected chi connectivity index (χ1v) is 7.53. The van der Waals surface area contributed by atoms with Crippen LogP contribution in [0.4, 0.5) is 8.78 Å². The first-order valence-electron chi connectivity index (χ1n) is 7.53. The van der Waals surface area contributed by atoms with Crippen molar-refractivity contribution < 1.29 is 8.78 Å². The zero-order chi connectivity index (χ0) is 16.5. The predicted molar refractivity (Wildman–Crippen MR) is 87.6 cm³/mol. The van der Waals surface area contributed by atoms with E-state index in [0.29, 0.717) is 17.6 Å². The summed E-state index contributed by atoms with van der Waals surface area (Å²) in [5, 5.41) is 4.60. The zero-order valence-corrected chi connectivity index (χ0v) is 12.7. The maximum absolute atomic E-state index is 13.5. The van der Waals surface area contributed by atoms with Crippen LogP contribution in [0.1, 0.15) is 11.3 Å². The SMILES string of the molecule is Fc1ccc(Cc2ccc3ncc(-c4cccc(F)c4)n3n2)cc1. The average Bonchev–Trinajstić information content (AvgIpc) is 3.00. The largest absolute Gasteiger partial charge is 0.235 e. The lowest BCUT2D eigenvalue weighted by Gasteiger charge is -2.05. The summed E-state index contributed by atoms with van der Waals surface area (Å²) in [7, 11) is 0. The number of hydrogen-bond acceptors (Lipinski definition) is 2. The fourth-order valence-corrected chi connectivity index (χ4v) is 2.66. The molecule has 5 heteroatoms. The van der Waals surface area contributed by atoms with Crippen molar-refractivity contribution in [1.82, 2.24) is 14.6 Å². The van der Waals surface area contributed by atoms with Gasteiger partial charge in [-0.2, -0.15) is 5.10 Å². The van der Waals surface area contributed by atoms with Crippen LogP contribution in [0, 0.1) is 11.6 Å². The molecule has 0 atom stereocenters.